The average Bonchev–Trinajstić information content (AvgIpc) is 2.32. The van der Waals surface area contributed by atoms with E-state index in [-0.39, 0.29) is 11.8 Å². The van der Waals surface area contributed by atoms with E-state index in [4.69, 9.17) is 5.11 Å². The van der Waals surface area contributed by atoms with Crippen molar-refractivity contribution in [1.82, 2.24) is 10.9 Å². The van der Waals surface area contributed by atoms with Crippen molar-refractivity contribution in [3.8, 4) is 0 Å². The number of aliphatic hydroxyl groups excluding tert-OH is 1. The van der Waals surface area contributed by atoms with Crippen molar-refractivity contribution in [1.29, 1.82) is 0 Å². The molecule has 0 bridgehead atoms. The van der Waals surface area contributed by atoms with E-state index in [0.29, 0.717) is 6.42 Å². The van der Waals surface area contributed by atoms with Gasteiger partial charge in [0.25, 0.3) is 0 Å². The number of Topliss-reactive ketones (excluding diaryl/α,β-unsaturated/α-hetero) is 1. The summed E-state index contributed by atoms with van der Waals surface area (Å²) in [5.74, 6) is -0.142. The van der Waals surface area contributed by atoms with Crippen LogP contribution in [0.5, 0.6) is 0 Å². The topological polar surface area (TPSA) is 61.4 Å². The Bertz CT molecular complexity index is 353. The number of carbonyl (C=O) groups excluding carboxylic acids is 1. The van der Waals surface area contributed by atoms with Crippen LogP contribution < -0.4 is 10.9 Å². The van der Waals surface area contributed by atoms with E-state index in [9.17, 15) is 4.79 Å². The van der Waals surface area contributed by atoms with Crippen LogP contribution >= 0.6 is 0 Å². The first-order valence-corrected chi connectivity index (χ1v) is 5.51. The maximum Gasteiger partial charge on any atom is 0.178 e. The van der Waals surface area contributed by atoms with E-state index in [1.54, 1.807) is 0 Å². The van der Waals surface area contributed by atoms with Crippen molar-refractivity contribution in [2.24, 2.45) is 0 Å². The number of ketones is 1. The third-order valence-electron chi connectivity index (χ3n) is 2.80. The Labute approximate surface area is 94.6 Å². The average molecular weight is 220 g/mol. The normalized spacial score (nSPS) is 25.7. The Kier molecular flexibility index (Phi) is 3.66. The summed E-state index contributed by atoms with van der Waals surface area (Å²) in [7, 11) is 0. The van der Waals surface area contributed by atoms with Crippen LogP contribution in [0.3, 0.4) is 0 Å². The largest absolute Gasteiger partial charge is 0.370 e. The molecule has 0 saturated carbocycles. The fourth-order valence-corrected chi connectivity index (χ4v) is 1.84. The highest BCUT2D eigenvalue weighted by Gasteiger charge is 2.25. The third kappa shape index (κ3) is 2.88. The highest BCUT2D eigenvalue weighted by Crippen LogP contribution is 2.10. The molecular weight excluding hydrogens is 204 g/mol. The van der Waals surface area contributed by atoms with Gasteiger partial charge in [-0.2, -0.15) is 0 Å². The molecule has 16 heavy (non-hydrogen) atoms. The molecule has 0 radical (unpaired) electrons. The Morgan fingerprint density at radius 3 is 2.69 bits per heavy atom. The molecule has 2 rings (SSSR count). The van der Waals surface area contributed by atoms with Gasteiger partial charge in [-0.3, -0.25) is 10.2 Å². The molecule has 4 nitrogen and oxygen atoms in total. The molecule has 2 atom stereocenters. The third-order valence-corrected chi connectivity index (χ3v) is 2.80. The molecule has 0 aromatic heterocycles. The van der Waals surface area contributed by atoms with Gasteiger partial charge in [0.05, 0.1) is 0 Å². The van der Waals surface area contributed by atoms with Crippen LogP contribution in [0, 0.1) is 0 Å². The lowest BCUT2D eigenvalue weighted by Gasteiger charge is -2.26. The molecule has 3 N–H and O–H groups in total. The van der Waals surface area contributed by atoms with Gasteiger partial charge in [-0.05, 0) is 18.4 Å². The van der Waals surface area contributed by atoms with Crippen molar-refractivity contribution < 1.29 is 9.90 Å². The van der Waals surface area contributed by atoms with Crippen molar-refractivity contribution in [3.05, 3.63) is 35.9 Å². The molecule has 1 fully saturated rings. The zero-order chi connectivity index (χ0) is 11.4. The summed E-state index contributed by atoms with van der Waals surface area (Å²) < 4.78 is 0. The van der Waals surface area contributed by atoms with E-state index < -0.39 is 6.23 Å². The second kappa shape index (κ2) is 5.21. The lowest BCUT2D eigenvalue weighted by atomic mass is 10.00. The van der Waals surface area contributed by atoms with Gasteiger partial charge in [-0.25, -0.2) is 5.43 Å². The van der Waals surface area contributed by atoms with Crippen LogP contribution in [0.1, 0.15) is 18.4 Å². The summed E-state index contributed by atoms with van der Waals surface area (Å²) in [5.41, 5.74) is 6.79. The van der Waals surface area contributed by atoms with Gasteiger partial charge in [0.1, 0.15) is 0 Å². The summed E-state index contributed by atoms with van der Waals surface area (Å²) >= 11 is 0. The number of rotatable bonds is 3. The Morgan fingerprint density at radius 2 is 2.00 bits per heavy atom. The van der Waals surface area contributed by atoms with E-state index in [0.717, 1.165) is 12.8 Å². The zero-order valence-electron chi connectivity index (χ0n) is 9.02. The SMILES string of the molecule is O=C1CC(CCc2ccccc2)NNC1O. The molecule has 0 aliphatic carbocycles. The Balaban J connectivity index is 1.81. The number of benzene rings is 1. The molecule has 2 unspecified atom stereocenters. The van der Waals surface area contributed by atoms with Crippen LogP contribution in [0.15, 0.2) is 30.3 Å². The van der Waals surface area contributed by atoms with E-state index in [1.807, 2.05) is 18.2 Å². The number of hydrazine groups is 1. The molecule has 4 heteroatoms. The zero-order valence-corrected chi connectivity index (χ0v) is 9.02. The van der Waals surface area contributed by atoms with Crippen LogP contribution in [-0.2, 0) is 11.2 Å². The quantitative estimate of drug-likeness (QED) is 0.689. The van der Waals surface area contributed by atoms with Crippen molar-refractivity contribution in [2.75, 3.05) is 0 Å². The van der Waals surface area contributed by atoms with E-state index in [1.165, 1.54) is 5.56 Å². The minimum absolute atomic E-state index is 0.108. The summed E-state index contributed by atoms with van der Waals surface area (Å²) in [6, 6.07) is 10.3. The molecule has 86 valence electrons. The van der Waals surface area contributed by atoms with E-state index in [2.05, 4.69) is 23.0 Å². The van der Waals surface area contributed by atoms with Crippen LogP contribution in [0.2, 0.25) is 0 Å². The second-order valence-electron chi connectivity index (χ2n) is 4.08. The Hall–Kier alpha value is -1.23. The van der Waals surface area contributed by atoms with Crippen LogP contribution in [-0.4, -0.2) is 23.2 Å². The van der Waals surface area contributed by atoms with Gasteiger partial charge >= 0.3 is 0 Å². The van der Waals surface area contributed by atoms with Crippen molar-refractivity contribution >= 4 is 5.78 Å². The maximum atomic E-state index is 11.3. The lowest BCUT2D eigenvalue weighted by molar-refractivity contribution is -0.133. The molecule has 1 aromatic rings. The van der Waals surface area contributed by atoms with Gasteiger partial charge in [0.15, 0.2) is 12.0 Å². The summed E-state index contributed by atoms with van der Waals surface area (Å²) in [5, 5.41) is 9.16. The molecule has 1 aliphatic heterocycles. The highest BCUT2D eigenvalue weighted by atomic mass is 16.3. The first-order chi connectivity index (χ1) is 7.75. The molecule has 1 saturated heterocycles. The van der Waals surface area contributed by atoms with E-state index >= 15 is 0 Å². The molecule has 1 aromatic carbocycles. The standard InChI is InChI=1S/C12H16N2O2/c15-11-8-10(13-14-12(11)16)7-6-9-4-2-1-3-5-9/h1-5,10,12-14,16H,6-8H2. The monoisotopic (exact) mass is 220 g/mol. The van der Waals surface area contributed by atoms with Crippen molar-refractivity contribution in [2.45, 2.75) is 31.5 Å². The fourth-order valence-electron chi connectivity index (χ4n) is 1.84. The van der Waals surface area contributed by atoms with Gasteiger partial charge in [0, 0.05) is 12.5 Å². The summed E-state index contributed by atoms with van der Waals surface area (Å²) in [6.45, 7) is 0. The molecule has 0 amide bonds. The molecule has 0 spiro atoms. The van der Waals surface area contributed by atoms with Crippen LogP contribution in [0.25, 0.3) is 0 Å². The fraction of sp³-hybridized carbons (Fsp3) is 0.417. The van der Waals surface area contributed by atoms with Gasteiger partial charge < -0.3 is 5.11 Å². The highest BCUT2D eigenvalue weighted by molar-refractivity contribution is 5.83. The minimum Gasteiger partial charge on any atom is -0.370 e. The second-order valence-corrected chi connectivity index (χ2v) is 4.08. The summed E-state index contributed by atoms with van der Waals surface area (Å²) in [6.07, 6.45) is 1.16. The number of hydrogen-bond donors (Lipinski definition) is 3. The predicted octanol–water partition coefficient (Wildman–Crippen LogP) is 0.373. The lowest BCUT2D eigenvalue weighted by Crippen LogP contribution is -2.56. The number of aryl methyl sites for hydroxylation is 1. The van der Waals surface area contributed by atoms with Crippen molar-refractivity contribution in [3.63, 3.8) is 0 Å². The van der Waals surface area contributed by atoms with Gasteiger partial charge in [-0.1, -0.05) is 30.3 Å². The smallest absolute Gasteiger partial charge is 0.178 e. The molecule has 1 heterocycles. The predicted molar refractivity (Wildman–Crippen MR) is 60.5 cm³/mol. The van der Waals surface area contributed by atoms with Crippen LogP contribution in [0.4, 0.5) is 0 Å². The number of nitrogens with one attached hydrogen (secondary N) is 2. The Morgan fingerprint density at radius 1 is 1.25 bits per heavy atom. The number of aliphatic hydroxyl groups is 1. The molecule has 1 aliphatic rings. The number of carbonyl (C=O) groups is 1. The molecular formula is C12H16N2O2. The first kappa shape index (κ1) is 11.3. The summed E-state index contributed by atoms with van der Waals surface area (Å²) in [4.78, 5) is 11.3. The first-order valence-electron chi connectivity index (χ1n) is 5.51. The van der Waals surface area contributed by atoms with Gasteiger partial charge in [-0.15, -0.1) is 0 Å². The number of hydrogen-bond acceptors (Lipinski definition) is 4. The minimum atomic E-state index is -1.05. The maximum absolute atomic E-state index is 11.3. The van der Waals surface area contributed by atoms with Gasteiger partial charge in [0.2, 0.25) is 0 Å².